The first-order valence-corrected chi connectivity index (χ1v) is 14.7. The van der Waals surface area contributed by atoms with E-state index in [4.69, 9.17) is 4.74 Å². The van der Waals surface area contributed by atoms with Gasteiger partial charge in [0.25, 0.3) is 0 Å². The Morgan fingerprint density at radius 3 is 1.15 bits per heavy atom. The maximum absolute atomic E-state index is 10.4. The minimum absolute atomic E-state index is 0. The molecule has 0 aromatic heterocycles. The van der Waals surface area contributed by atoms with Crippen LogP contribution < -0.4 is 74.0 Å². The molecule has 0 bridgehead atoms. The van der Waals surface area contributed by atoms with Gasteiger partial charge in [0.1, 0.15) is 5.60 Å². The van der Waals surface area contributed by atoms with Gasteiger partial charge < -0.3 is 14.6 Å². The van der Waals surface area contributed by atoms with Gasteiger partial charge in [0.05, 0.1) is 0 Å². The van der Waals surface area contributed by atoms with E-state index in [0.717, 1.165) is 49.0 Å². The Morgan fingerprint density at radius 1 is 0.513 bits per heavy atom. The van der Waals surface area contributed by atoms with Gasteiger partial charge in [-0.2, -0.15) is 0 Å². The fraction of sp³-hybridized carbons (Fsp3) is 0.457. The van der Waals surface area contributed by atoms with Crippen molar-refractivity contribution in [1.82, 2.24) is 0 Å². The number of benzene rings is 3. The van der Waals surface area contributed by atoms with Crippen LogP contribution in [0.1, 0.15) is 107 Å². The summed E-state index contributed by atoms with van der Waals surface area (Å²) < 4.78 is 6.87. The second-order valence-corrected chi connectivity index (χ2v) is 10.3. The molecular formula is C35H45CsO3. The Hall–Kier alpha value is -0.858. The van der Waals surface area contributed by atoms with Crippen LogP contribution in [-0.4, -0.2) is 12.6 Å². The van der Waals surface area contributed by atoms with Crippen LogP contribution in [-0.2, 0) is 15.1 Å². The smallest absolute Gasteiger partial charge is 0.550 e. The first kappa shape index (κ1) is 34.3. The number of carboxylic acids is 1. The van der Waals surface area contributed by atoms with Crippen molar-refractivity contribution in [2.45, 2.75) is 95.5 Å². The third-order valence-electron chi connectivity index (χ3n) is 7.38. The third kappa shape index (κ3) is 12.3. The largest absolute Gasteiger partial charge is 1.00 e. The van der Waals surface area contributed by atoms with E-state index in [-0.39, 0.29) is 75.3 Å². The molecule has 0 N–H and O–H groups in total. The monoisotopic (exact) mass is 646 g/mol. The Labute approximate surface area is 295 Å². The van der Waals surface area contributed by atoms with E-state index in [0.29, 0.717) is 0 Å². The van der Waals surface area contributed by atoms with Crippen molar-refractivity contribution in [1.29, 1.82) is 0 Å². The fourth-order valence-electron chi connectivity index (χ4n) is 5.31. The van der Waals surface area contributed by atoms with E-state index in [1.165, 1.54) is 57.8 Å². The molecule has 0 heterocycles. The quantitative estimate of drug-likeness (QED) is 0.125. The number of hydrogen-bond donors (Lipinski definition) is 0. The van der Waals surface area contributed by atoms with Gasteiger partial charge in [-0.15, -0.1) is 0 Å². The zero-order valence-electron chi connectivity index (χ0n) is 24.0. The van der Waals surface area contributed by atoms with Crippen LogP contribution in [0.4, 0.5) is 0 Å². The first-order chi connectivity index (χ1) is 18.7. The standard InChI is InChI=1S/C35H46O3.Cs/c36-34(37)29-21-10-8-6-4-2-1-3-5-7-9-11-22-30-38-35(31-23-15-12-16-24-31,32-25-17-13-18-26-32)33-27-19-14-20-28-33;/h12-20,23-28H,1-11,21-22,29-30H2,(H,36,37);/q;+1/p-1. The number of ether oxygens (including phenoxy) is 1. The molecule has 0 aliphatic heterocycles. The molecule has 0 spiro atoms. The molecule has 0 amide bonds. The topological polar surface area (TPSA) is 49.4 Å². The van der Waals surface area contributed by atoms with Crippen LogP contribution in [0, 0.1) is 0 Å². The summed E-state index contributed by atoms with van der Waals surface area (Å²) in [5.74, 6) is -0.919. The van der Waals surface area contributed by atoms with Gasteiger partial charge in [0.15, 0.2) is 0 Å². The number of hydrogen-bond acceptors (Lipinski definition) is 3. The molecule has 0 aliphatic carbocycles. The van der Waals surface area contributed by atoms with E-state index < -0.39 is 11.6 Å². The van der Waals surface area contributed by atoms with Gasteiger partial charge in [-0.25, -0.2) is 0 Å². The zero-order valence-corrected chi connectivity index (χ0v) is 30.3. The van der Waals surface area contributed by atoms with Gasteiger partial charge in [0.2, 0.25) is 0 Å². The fourth-order valence-corrected chi connectivity index (χ4v) is 5.31. The van der Waals surface area contributed by atoms with Crippen molar-refractivity contribution in [3.05, 3.63) is 108 Å². The predicted octanol–water partition coefficient (Wildman–Crippen LogP) is 5.21. The maximum atomic E-state index is 10.4. The van der Waals surface area contributed by atoms with Crippen molar-refractivity contribution < 1.29 is 83.5 Å². The Kier molecular flexibility index (Phi) is 18.4. The minimum atomic E-state index is -0.919. The Bertz CT molecular complexity index is 911. The number of aliphatic carboxylic acids is 1. The van der Waals surface area contributed by atoms with Crippen LogP contribution in [0.25, 0.3) is 0 Å². The second kappa shape index (κ2) is 20.9. The van der Waals surface area contributed by atoms with Crippen molar-refractivity contribution in [2.75, 3.05) is 6.61 Å². The summed E-state index contributed by atoms with van der Waals surface area (Å²) in [4.78, 5) is 10.4. The van der Waals surface area contributed by atoms with Crippen LogP contribution in [0.2, 0.25) is 0 Å². The molecule has 4 heteroatoms. The van der Waals surface area contributed by atoms with Crippen LogP contribution in [0.3, 0.4) is 0 Å². The molecular weight excluding hydrogens is 601 g/mol. The van der Waals surface area contributed by atoms with Crippen molar-refractivity contribution in [3.8, 4) is 0 Å². The summed E-state index contributed by atoms with van der Waals surface area (Å²) in [6, 6.07) is 31.8. The molecule has 0 saturated carbocycles. The van der Waals surface area contributed by atoms with Crippen LogP contribution in [0.5, 0.6) is 0 Å². The number of carboxylic acid groups (broad SMARTS) is 1. The Balaban J connectivity index is 0.00000533. The number of unbranched alkanes of at least 4 members (excludes halogenated alkanes) is 12. The molecule has 0 radical (unpaired) electrons. The molecule has 3 rings (SSSR count). The minimum Gasteiger partial charge on any atom is -0.550 e. The van der Waals surface area contributed by atoms with Crippen molar-refractivity contribution >= 4 is 5.97 Å². The molecule has 0 unspecified atom stereocenters. The molecule has 204 valence electrons. The summed E-state index contributed by atoms with van der Waals surface area (Å²) in [6.07, 6.45) is 15.7. The van der Waals surface area contributed by atoms with E-state index in [1.54, 1.807) is 0 Å². The Morgan fingerprint density at radius 2 is 0.821 bits per heavy atom. The van der Waals surface area contributed by atoms with Gasteiger partial charge in [-0.05, 0) is 36.0 Å². The van der Waals surface area contributed by atoms with Crippen molar-refractivity contribution in [2.24, 2.45) is 0 Å². The first-order valence-electron chi connectivity index (χ1n) is 14.7. The summed E-state index contributed by atoms with van der Waals surface area (Å²) in [7, 11) is 0. The van der Waals surface area contributed by atoms with E-state index in [1.807, 2.05) is 0 Å². The van der Waals surface area contributed by atoms with E-state index in [9.17, 15) is 9.90 Å². The second-order valence-electron chi connectivity index (χ2n) is 10.3. The van der Waals surface area contributed by atoms with E-state index in [2.05, 4.69) is 91.0 Å². The van der Waals surface area contributed by atoms with E-state index >= 15 is 0 Å². The molecule has 0 atom stereocenters. The maximum Gasteiger partial charge on any atom is 1.00 e. The van der Waals surface area contributed by atoms with Crippen LogP contribution >= 0.6 is 0 Å². The van der Waals surface area contributed by atoms with Crippen LogP contribution in [0.15, 0.2) is 91.0 Å². The molecule has 39 heavy (non-hydrogen) atoms. The average Bonchev–Trinajstić information content (AvgIpc) is 2.96. The number of rotatable bonds is 20. The molecule has 3 aromatic rings. The summed E-state index contributed by atoms with van der Waals surface area (Å²) in [5.41, 5.74) is 2.87. The van der Waals surface area contributed by atoms with Crippen molar-refractivity contribution in [3.63, 3.8) is 0 Å². The number of carbonyl (C=O) groups excluding carboxylic acids is 1. The molecule has 3 nitrogen and oxygen atoms in total. The summed E-state index contributed by atoms with van der Waals surface area (Å²) in [6.45, 7) is 0.724. The molecule has 0 aliphatic rings. The van der Waals surface area contributed by atoms with Gasteiger partial charge >= 0.3 is 68.9 Å². The third-order valence-corrected chi connectivity index (χ3v) is 7.38. The SMILES string of the molecule is O=C([O-])CCCCCCCCCCCCCCCOC(c1ccccc1)(c1ccccc1)c1ccccc1.[Cs+]. The van der Waals surface area contributed by atoms with Gasteiger partial charge in [-0.3, -0.25) is 0 Å². The van der Waals surface area contributed by atoms with Gasteiger partial charge in [-0.1, -0.05) is 162 Å². The van der Waals surface area contributed by atoms with Gasteiger partial charge in [0, 0.05) is 12.6 Å². The normalized spacial score (nSPS) is 11.2. The summed E-state index contributed by atoms with van der Waals surface area (Å²) >= 11 is 0. The number of carbonyl (C=O) groups is 1. The molecule has 0 saturated heterocycles. The zero-order chi connectivity index (χ0) is 26.7. The molecule has 0 fully saturated rings. The summed E-state index contributed by atoms with van der Waals surface area (Å²) in [5, 5.41) is 10.4. The predicted molar refractivity (Wildman–Crippen MR) is 155 cm³/mol. The average molecular weight is 647 g/mol. The molecule has 3 aromatic carbocycles.